The first-order chi connectivity index (χ1) is 11.3. The Morgan fingerprint density at radius 1 is 1.21 bits per heavy atom. The Kier molecular flexibility index (Phi) is 5.71. The van der Waals surface area contributed by atoms with Crippen molar-refractivity contribution in [1.82, 2.24) is 15.5 Å². The van der Waals surface area contributed by atoms with Crippen molar-refractivity contribution in [2.75, 3.05) is 5.75 Å². The molecule has 0 aliphatic heterocycles. The highest BCUT2D eigenvalue weighted by Gasteiger charge is 2.26. The molecule has 130 valence electrons. The quantitative estimate of drug-likeness (QED) is 0.817. The van der Waals surface area contributed by atoms with Crippen LogP contribution in [0.25, 0.3) is 0 Å². The van der Waals surface area contributed by atoms with Crippen molar-refractivity contribution < 1.29 is 17.6 Å². The van der Waals surface area contributed by atoms with Crippen molar-refractivity contribution in [2.45, 2.75) is 38.5 Å². The Balaban J connectivity index is 2.30. The van der Waals surface area contributed by atoms with Crippen LogP contribution in [0.1, 0.15) is 38.3 Å². The van der Waals surface area contributed by atoms with Crippen molar-refractivity contribution in [2.24, 2.45) is 5.92 Å². The first-order valence-corrected chi connectivity index (χ1v) is 9.39. The lowest BCUT2D eigenvalue weighted by molar-refractivity contribution is -0.124. The third-order valence-corrected chi connectivity index (χ3v) is 4.95. The number of amides is 1. The average molecular weight is 351 g/mol. The summed E-state index contributed by atoms with van der Waals surface area (Å²) >= 11 is 0. The van der Waals surface area contributed by atoms with Gasteiger partial charge in [-0.3, -0.25) is 4.79 Å². The maximum atomic E-state index is 12.1. The van der Waals surface area contributed by atoms with Gasteiger partial charge in [0.1, 0.15) is 6.04 Å². The third-order valence-electron chi connectivity index (χ3n) is 3.49. The first-order valence-electron chi connectivity index (χ1n) is 7.74. The van der Waals surface area contributed by atoms with Crippen molar-refractivity contribution in [3.05, 3.63) is 41.8 Å². The topological polar surface area (TPSA) is 102 Å². The van der Waals surface area contributed by atoms with Crippen LogP contribution >= 0.6 is 0 Å². The van der Waals surface area contributed by atoms with Crippen molar-refractivity contribution in [1.29, 1.82) is 0 Å². The Labute approximate surface area is 141 Å². The predicted octanol–water partition coefficient (Wildman–Crippen LogP) is 1.92. The molecule has 24 heavy (non-hydrogen) atoms. The van der Waals surface area contributed by atoms with Crippen molar-refractivity contribution in [3.63, 3.8) is 0 Å². The van der Waals surface area contributed by atoms with E-state index in [0.717, 1.165) is 5.56 Å². The fourth-order valence-electron chi connectivity index (χ4n) is 2.00. The van der Waals surface area contributed by atoms with E-state index in [2.05, 4.69) is 15.5 Å². The summed E-state index contributed by atoms with van der Waals surface area (Å²) in [5, 5.41) is 9.86. The minimum Gasteiger partial charge on any atom is -0.410 e. The maximum absolute atomic E-state index is 12.1. The number of hydrogen-bond donors (Lipinski definition) is 1. The molecule has 1 aromatic heterocycles. The molecule has 0 spiro atoms. The zero-order valence-electron chi connectivity index (χ0n) is 13.9. The van der Waals surface area contributed by atoms with Gasteiger partial charge in [-0.2, -0.15) is 0 Å². The molecule has 0 aliphatic carbocycles. The molecule has 2 aromatic rings. The summed E-state index contributed by atoms with van der Waals surface area (Å²) in [6.45, 7) is 5.05. The Bertz CT molecular complexity index is 785. The number of nitrogens with one attached hydrogen (secondary N) is 1. The van der Waals surface area contributed by atoms with Gasteiger partial charge in [0.25, 0.3) is 0 Å². The predicted molar refractivity (Wildman–Crippen MR) is 87.9 cm³/mol. The SMILES string of the molecule is CCS(=O)(=O)c1nnc([C@H](Cc2ccccc2)NC(=O)C(C)C)o1. The number of rotatable bonds is 7. The number of sulfone groups is 1. The van der Waals surface area contributed by atoms with Crippen LogP contribution in [-0.2, 0) is 21.1 Å². The van der Waals surface area contributed by atoms with Gasteiger partial charge in [0.15, 0.2) is 0 Å². The number of benzene rings is 1. The zero-order chi connectivity index (χ0) is 17.7. The normalized spacial score (nSPS) is 13.0. The van der Waals surface area contributed by atoms with Gasteiger partial charge in [0.2, 0.25) is 21.6 Å². The van der Waals surface area contributed by atoms with Crippen LogP contribution in [0.5, 0.6) is 0 Å². The van der Waals surface area contributed by atoms with Gasteiger partial charge in [0.05, 0.1) is 5.75 Å². The summed E-state index contributed by atoms with van der Waals surface area (Å²) < 4.78 is 29.0. The van der Waals surface area contributed by atoms with Gasteiger partial charge < -0.3 is 9.73 Å². The number of hydrogen-bond acceptors (Lipinski definition) is 6. The van der Waals surface area contributed by atoms with E-state index < -0.39 is 21.1 Å². The van der Waals surface area contributed by atoms with Gasteiger partial charge in [-0.25, -0.2) is 8.42 Å². The molecule has 1 atom stereocenters. The van der Waals surface area contributed by atoms with Crippen LogP contribution in [0.3, 0.4) is 0 Å². The van der Waals surface area contributed by atoms with E-state index in [-0.39, 0.29) is 23.5 Å². The number of nitrogens with zero attached hydrogens (tertiary/aromatic N) is 2. The van der Waals surface area contributed by atoms with E-state index in [1.165, 1.54) is 6.92 Å². The van der Waals surface area contributed by atoms with Crippen molar-refractivity contribution >= 4 is 15.7 Å². The second kappa shape index (κ2) is 7.57. The van der Waals surface area contributed by atoms with E-state index >= 15 is 0 Å². The minimum atomic E-state index is -3.58. The summed E-state index contributed by atoms with van der Waals surface area (Å²) in [5.41, 5.74) is 0.963. The zero-order valence-corrected chi connectivity index (χ0v) is 14.7. The van der Waals surface area contributed by atoms with Gasteiger partial charge in [-0.05, 0) is 5.56 Å². The number of carbonyl (C=O) groups excluding carboxylic acids is 1. The summed E-state index contributed by atoms with van der Waals surface area (Å²) in [6, 6.07) is 8.90. The number of carbonyl (C=O) groups is 1. The van der Waals surface area contributed by atoms with E-state index in [1.807, 2.05) is 30.3 Å². The Hall–Kier alpha value is -2.22. The van der Waals surface area contributed by atoms with Crippen LogP contribution in [0.15, 0.2) is 40.0 Å². The summed E-state index contributed by atoms with van der Waals surface area (Å²) in [7, 11) is -3.58. The van der Waals surface area contributed by atoms with E-state index in [9.17, 15) is 13.2 Å². The summed E-state index contributed by atoms with van der Waals surface area (Å²) in [6.07, 6.45) is 0.424. The molecule has 2 rings (SSSR count). The molecule has 7 nitrogen and oxygen atoms in total. The van der Waals surface area contributed by atoms with Crippen LogP contribution in [0, 0.1) is 5.92 Å². The minimum absolute atomic E-state index is 0.0832. The number of aromatic nitrogens is 2. The highest BCUT2D eigenvalue weighted by Crippen LogP contribution is 2.20. The highest BCUT2D eigenvalue weighted by atomic mass is 32.2. The van der Waals surface area contributed by atoms with E-state index in [1.54, 1.807) is 13.8 Å². The van der Waals surface area contributed by atoms with Gasteiger partial charge in [-0.1, -0.05) is 56.2 Å². The molecular weight excluding hydrogens is 330 g/mol. The molecule has 1 amide bonds. The van der Waals surface area contributed by atoms with Crippen LogP contribution in [-0.4, -0.2) is 30.3 Å². The van der Waals surface area contributed by atoms with Crippen molar-refractivity contribution in [3.8, 4) is 0 Å². The molecule has 1 aromatic carbocycles. The third kappa shape index (κ3) is 4.41. The standard InChI is InChI=1S/C16H21N3O4S/c1-4-24(21,22)16-19-18-15(23-16)13(17-14(20)11(2)3)10-12-8-6-5-7-9-12/h5-9,11,13H,4,10H2,1-3H3,(H,17,20)/t13-/m0/s1. The molecule has 1 heterocycles. The molecule has 0 saturated heterocycles. The molecule has 0 fully saturated rings. The fourth-order valence-corrected chi connectivity index (χ4v) is 2.62. The maximum Gasteiger partial charge on any atom is 0.335 e. The molecule has 8 heteroatoms. The van der Waals surface area contributed by atoms with E-state index in [0.29, 0.717) is 6.42 Å². The average Bonchev–Trinajstić information content (AvgIpc) is 3.06. The van der Waals surface area contributed by atoms with E-state index in [4.69, 9.17) is 4.42 Å². The monoisotopic (exact) mass is 351 g/mol. The molecule has 0 radical (unpaired) electrons. The smallest absolute Gasteiger partial charge is 0.335 e. The lowest BCUT2D eigenvalue weighted by Gasteiger charge is -2.16. The van der Waals surface area contributed by atoms with Gasteiger partial charge in [0, 0.05) is 12.3 Å². The lowest BCUT2D eigenvalue weighted by Crippen LogP contribution is -2.33. The van der Waals surface area contributed by atoms with Crippen LogP contribution in [0.2, 0.25) is 0 Å². The fraction of sp³-hybridized carbons (Fsp3) is 0.438. The molecule has 1 N–H and O–H groups in total. The first kappa shape index (κ1) is 18.1. The lowest BCUT2D eigenvalue weighted by atomic mass is 10.0. The molecule has 0 aliphatic rings. The molecule has 0 bridgehead atoms. The van der Waals surface area contributed by atoms with Crippen LogP contribution < -0.4 is 5.32 Å². The summed E-state index contributed by atoms with van der Waals surface area (Å²) in [4.78, 5) is 12.1. The van der Waals surface area contributed by atoms with Gasteiger partial charge in [-0.15, -0.1) is 5.10 Å². The largest absolute Gasteiger partial charge is 0.410 e. The second-order valence-corrected chi connectivity index (χ2v) is 7.87. The van der Waals surface area contributed by atoms with Crippen LogP contribution in [0.4, 0.5) is 0 Å². The Morgan fingerprint density at radius 3 is 2.46 bits per heavy atom. The second-order valence-electron chi connectivity index (χ2n) is 5.72. The molecular formula is C16H21N3O4S. The highest BCUT2D eigenvalue weighted by molar-refractivity contribution is 7.91. The molecule has 0 saturated carbocycles. The molecule has 0 unspecified atom stereocenters. The van der Waals surface area contributed by atoms with Gasteiger partial charge >= 0.3 is 5.22 Å². The Morgan fingerprint density at radius 2 is 1.88 bits per heavy atom. The summed E-state index contributed by atoms with van der Waals surface area (Å²) in [5.74, 6) is -0.435.